The number of esters is 1. The van der Waals surface area contributed by atoms with E-state index in [4.69, 9.17) is 4.74 Å². The molecule has 0 fully saturated rings. The molecule has 3 rings (SSSR count). The number of carbonyl (C=O) groups excluding carboxylic acids is 1. The zero-order valence-electron chi connectivity index (χ0n) is 16.1. The molecule has 0 bridgehead atoms. The lowest BCUT2D eigenvalue weighted by Crippen LogP contribution is -2.12. The van der Waals surface area contributed by atoms with E-state index in [0.29, 0.717) is 28.7 Å². The maximum Gasteiger partial charge on any atom is 0.311 e. The predicted molar refractivity (Wildman–Crippen MR) is 117 cm³/mol. The topological polar surface area (TPSA) is 110 Å². The Bertz CT molecular complexity index is 1130. The number of rotatable bonds is 9. The van der Waals surface area contributed by atoms with Crippen LogP contribution in [0.5, 0.6) is 0 Å². The van der Waals surface area contributed by atoms with Gasteiger partial charge in [-0.15, -0.1) is 11.3 Å². The van der Waals surface area contributed by atoms with E-state index < -0.39 is 10.0 Å². The lowest BCUT2D eigenvalue weighted by molar-refractivity contribution is -0.142. The normalized spacial score (nSPS) is 11.4. The number of nitrogens with one attached hydrogen (secondary N) is 2. The van der Waals surface area contributed by atoms with E-state index in [0.717, 1.165) is 0 Å². The number of hydrogen-bond donors (Lipinski definition) is 2. The molecule has 156 valence electrons. The third-order valence-corrected chi connectivity index (χ3v) is 5.94. The first-order chi connectivity index (χ1) is 14.5. The molecule has 0 atom stereocenters. The summed E-state index contributed by atoms with van der Waals surface area (Å²) < 4.78 is 32.3. The zero-order chi connectivity index (χ0) is 21.4. The number of thiazole rings is 1. The van der Waals surface area contributed by atoms with Gasteiger partial charge in [0.2, 0.25) is 5.13 Å². The molecular weight excluding hydrogens is 424 g/mol. The van der Waals surface area contributed by atoms with Crippen molar-refractivity contribution >= 4 is 44.4 Å². The largest absolute Gasteiger partial charge is 0.466 e. The molecule has 0 spiro atoms. The first kappa shape index (κ1) is 21.5. The van der Waals surface area contributed by atoms with Gasteiger partial charge >= 0.3 is 5.97 Å². The van der Waals surface area contributed by atoms with Crippen LogP contribution in [0.25, 0.3) is 0 Å². The summed E-state index contributed by atoms with van der Waals surface area (Å²) in [6.45, 7) is 2.08. The number of aromatic nitrogens is 1. The lowest BCUT2D eigenvalue weighted by atomic mass is 10.2. The Labute approximate surface area is 178 Å². The third kappa shape index (κ3) is 6.13. The Balaban J connectivity index is 1.61. The molecule has 2 aromatic carbocycles. The molecule has 0 aliphatic rings. The second kappa shape index (κ2) is 9.99. The predicted octanol–water partition coefficient (Wildman–Crippen LogP) is 3.50. The molecule has 30 heavy (non-hydrogen) atoms. The molecule has 2 N–H and O–H groups in total. The molecule has 1 aromatic heterocycles. The number of anilines is 2. The molecule has 0 amide bonds. The highest BCUT2D eigenvalue weighted by Crippen LogP contribution is 2.18. The van der Waals surface area contributed by atoms with Gasteiger partial charge in [-0.2, -0.15) is 5.10 Å². The molecule has 1 heterocycles. The van der Waals surface area contributed by atoms with Crippen molar-refractivity contribution in [3.63, 3.8) is 0 Å². The van der Waals surface area contributed by atoms with E-state index in [-0.39, 0.29) is 17.3 Å². The Morgan fingerprint density at radius 3 is 2.77 bits per heavy atom. The van der Waals surface area contributed by atoms with Gasteiger partial charge in [-0.05, 0) is 36.8 Å². The highest BCUT2D eigenvalue weighted by Gasteiger charge is 2.13. The van der Waals surface area contributed by atoms with Crippen LogP contribution in [-0.4, -0.2) is 32.2 Å². The van der Waals surface area contributed by atoms with Crippen molar-refractivity contribution in [3.8, 4) is 0 Å². The van der Waals surface area contributed by atoms with Crippen LogP contribution < -0.4 is 10.1 Å². The summed E-state index contributed by atoms with van der Waals surface area (Å²) in [6, 6.07) is 15.0. The molecule has 0 aliphatic heterocycles. The summed E-state index contributed by atoms with van der Waals surface area (Å²) >= 11 is 1.32. The van der Waals surface area contributed by atoms with Gasteiger partial charge in [0.1, 0.15) is 0 Å². The standard InChI is InChI=1S/C20H20N4O4S2/c1-2-28-19(25)12-17-14-29-20(22-17)23-21-13-15-7-6-8-16(11-15)24-30(26,27)18-9-4-3-5-10-18/h3-11,13-14,24H,2,12H2,1H3,(H,22,23). The molecule has 3 aromatic rings. The van der Waals surface area contributed by atoms with Crippen LogP contribution in [0.3, 0.4) is 0 Å². The molecule has 0 saturated heterocycles. The highest BCUT2D eigenvalue weighted by molar-refractivity contribution is 7.92. The van der Waals surface area contributed by atoms with Crippen molar-refractivity contribution in [2.75, 3.05) is 16.8 Å². The van der Waals surface area contributed by atoms with Gasteiger partial charge in [-0.3, -0.25) is 14.9 Å². The third-order valence-electron chi connectivity index (χ3n) is 3.75. The molecule has 0 radical (unpaired) electrons. The lowest BCUT2D eigenvalue weighted by Gasteiger charge is -2.08. The highest BCUT2D eigenvalue weighted by atomic mass is 32.2. The average molecular weight is 445 g/mol. The quantitative estimate of drug-likeness (QED) is 0.297. The number of hydrogen-bond acceptors (Lipinski definition) is 8. The summed E-state index contributed by atoms with van der Waals surface area (Å²) in [6.07, 6.45) is 1.66. The van der Waals surface area contributed by atoms with Gasteiger partial charge in [0.15, 0.2) is 0 Å². The average Bonchev–Trinajstić information content (AvgIpc) is 3.16. The monoisotopic (exact) mass is 444 g/mol. The van der Waals surface area contributed by atoms with Crippen molar-refractivity contribution < 1.29 is 17.9 Å². The van der Waals surface area contributed by atoms with Crippen LogP contribution in [0.1, 0.15) is 18.2 Å². The molecule has 0 saturated carbocycles. The van der Waals surface area contributed by atoms with Crippen molar-refractivity contribution in [1.82, 2.24) is 4.98 Å². The van der Waals surface area contributed by atoms with E-state index in [1.165, 1.54) is 23.5 Å². The zero-order valence-corrected chi connectivity index (χ0v) is 17.7. The van der Waals surface area contributed by atoms with Gasteiger partial charge in [0.25, 0.3) is 10.0 Å². The van der Waals surface area contributed by atoms with Crippen LogP contribution in [0.2, 0.25) is 0 Å². The first-order valence-corrected chi connectivity index (χ1v) is 11.4. The Morgan fingerprint density at radius 2 is 2.00 bits per heavy atom. The van der Waals surface area contributed by atoms with E-state index in [9.17, 15) is 13.2 Å². The number of ether oxygens (including phenoxy) is 1. The molecule has 0 unspecified atom stereocenters. The summed E-state index contributed by atoms with van der Waals surface area (Å²) in [5.41, 5.74) is 4.52. The maximum absolute atomic E-state index is 12.4. The van der Waals surface area contributed by atoms with Gasteiger partial charge in [-0.1, -0.05) is 30.3 Å². The van der Waals surface area contributed by atoms with Crippen LogP contribution in [0.15, 0.2) is 70.0 Å². The number of carbonyl (C=O) groups is 1. The fourth-order valence-electron chi connectivity index (χ4n) is 2.46. The second-order valence-electron chi connectivity index (χ2n) is 6.04. The first-order valence-electron chi connectivity index (χ1n) is 9.03. The Kier molecular flexibility index (Phi) is 7.15. The number of hydrazone groups is 1. The smallest absolute Gasteiger partial charge is 0.311 e. The number of benzene rings is 2. The van der Waals surface area contributed by atoms with E-state index in [2.05, 4.69) is 20.2 Å². The van der Waals surface area contributed by atoms with Gasteiger partial charge in [-0.25, -0.2) is 13.4 Å². The van der Waals surface area contributed by atoms with Crippen LogP contribution in [-0.2, 0) is 26.0 Å². The van der Waals surface area contributed by atoms with Crippen LogP contribution in [0, 0.1) is 0 Å². The van der Waals surface area contributed by atoms with Gasteiger partial charge < -0.3 is 4.74 Å². The van der Waals surface area contributed by atoms with Crippen LogP contribution in [0.4, 0.5) is 10.8 Å². The minimum atomic E-state index is -3.66. The van der Waals surface area contributed by atoms with Gasteiger partial charge in [0.05, 0.1) is 29.8 Å². The molecule has 8 nitrogen and oxygen atoms in total. The fraction of sp³-hybridized carbons (Fsp3) is 0.150. The minimum Gasteiger partial charge on any atom is -0.466 e. The fourth-order valence-corrected chi connectivity index (χ4v) is 4.19. The Hall–Kier alpha value is -3.24. The molecule has 10 heteroatoms. The van der Waals surface area contributed by atoms with Crippen molar-refractivity contribution in [2.24, 2.45) is 5.10 Å². The van der Waals surface area contributed by atoms with E-state index in [1.807, 2.05) is 0 Å². The van der Waals surface area contributed by atoms with E-state index in [1.54, 1.807) is 61.0 Å². The SMILES string of the molecule is CCOC(=O)Cc1csc(NN=Cc2cccc(NS(=O)(=O)c3ccccc3)c2)n1. The molecule has 0 aliphatic carbocycles. The van der Waals surface area contributed by atoms with Crippen LogP contribution >= 0.6 is 11.3 Å². The minimum absolute atomic E-state index is 0.110. The van der Waals surface area contributed by atoms with Crippen molar-refractivity contribution in [1.29, 1.82) is 0 Å². The van der Waals surface area contributed by atoms with Gasteiger partial charge in [0, 0.05) is 11.1 Å². The molecular formula is C20H20N4O4S2. The maximum atomic E-state index is 12.4. The van der Waals surface area contributed by atoms with E-state index >= 15 is 0 Å². The number of nitrogens with zero attached hydrogens (tertiary/aromatic N) is 2. The second-order valence-corrected chi connectivity index (χ2v) is 8.58. The summed E-state index contributed by atoms with van der Waals surface area (Å²) in [7, 11) is -3.66. The van der Waals surface area contributed by atoms with Crippen molar-refractivity contribution in [2.45, 2.75) is 18.2 Å². The van der Waals surface area contributed by atoms with Crippen molar-refractivity contribution in [3.05, 3.63) is 71.2 Å². The number of sulfonamides is 1. The summed E-state index contributed by atoms with van der Waals surface area (Å²) in [5.74, 6) is -0.326. The summed E-state index contributed by atoms with van der Waals surface area (Å²) in [4.78, 5) is 15.9. The Morgan fingerprint density at radius 1 is 1.20 bits per heavy atom. The summed E-state index contributed by atoms with van der Waals surface area (Å²) in [5, 5.41) is 6.41.